The molecule has 0 aliphatic carbocycles. The predicted octanol–water partition coefficient (Wildman–Crippen LogP) is 1.54. The largest absolute Gasteiger partial charge is 0.496 e. The first-order valence-corrected chi connectivity index (χ1v) is 9.36. The van der Waals surface area contributed by atoms with Crippen LogP contribution in [-0.2, 0) is 14.8 Å². The van der Waals surface area contributed by atoms with Crippen LogP contribution in [0.4, 0.5) is 0 Å². The van der Waals surface area contributed by atoms with Crippen LogP contribution in [0.5, 0.6) is 5.75 Å². The Bertz CT molecular complexity index is 644. The summed E-state index contributed by atoms with van der Waals surface area (Å²) in [4.78, 5) is 12.2. The van der Waals surface area contributed by atoms with Gasteiger partial charge < -0.3 is 14.8 Å². The molecule has 0 aromatic heterocycles. The molecule has 0 saturated carbocycles. The number of hydrogen-bond donors (Lipinski definition) is 2. The summed E-state index contributed by atoms with van der Waals surface area (Å²) in [5.41, 5.74) is 0.184. The molecule has 0 heterocycles. The highest BCUT2D eigenvalue weighted by Crippen LogP contribution is 2.22. The van der Waals surface area contributed by atoms with E-state index in [2.05, 4.69) is 10.0 Å². The molecule has 0 spiro atoms. The zero-order valence-corrected chi connectivity index (χ0v) is 15.4. The van der Waals surface area contributed by atoms with E-state index < -0.39 is 10.0 Å². The fraction of sp³-hybridized carbons (Fsp3) is 0.562. The van der Waals surface area contributed by atoms with Crippen LogP contribution in [0.2, 0.25) is 0 Å². The zero-order chi connectivity index (χ0) is 18.2. The molecule has 0 atom stereocenters. The molecule has 0 aliphatic rings. The molecule has 7 nitrogen and oxygen atoms in total. The van der Waals surface area contributed by atoms with Crippen molar-refractivity contribution in [2.45, 2.75) is 38.1 Å². The molecule has 1 amide bonds. The molecule has 24 heavy (non-hydrogen) atoms. The molecule has 136 valence electrons. The number of carbonyl (C=O) groups excluding carboxylic acids is 1. The molecule has 0 radical (unpaired) electrons. The van der Waals surface area contributed by atoms with Crippen molar-refractivity contribution in [3.8, 4) is 5.75 Å². The SMILES string of the molecule is CCOCCCNS(=O)(=O)c1ccc(OC)c(C(=O)NC(C)C)c1. The highest BCUT2D eigenvalue weighted by Gasteiger charge is 2.19. The van der Waals surface area contributed by atoms with Crippen molar-refractivity contribution in [2.75, 3.05) is 26.9 Å². The maximum absolute atomic E-state index is 12.3. The van der Waals surface area contributed by atoms with Gasteiger partial charge in [-0.2, -0.15) is 0 Å². The molecule has 1 aromatic carbocycles. The van der Waals surface area contributed by atoms with E-state index in [0.29, 0.717) is 25.4 Å². The van der Waals surface area contributed by atoms with E-state index in [4.69, 9.17) is 9.47 Å². The van der Waals surface area contributed by atoms with E-state index in [9.17, 15) is 13.2 Å². The van der Waals surface area contributed by atoms with Crippen molar-refractivity contribution in [3.05, 3.63) is 23.8 Å². The van der Waals surface area contributed by atoms with E-state index in [-0.39, 0.29) is 29.0 Å². The van der Waals surface area contributed by atoms with E-state index in [1.54, 1.807) is 0 Å². The van der Waals surface area contributed by atoms with Gasteiger partial charge in [0.05, 0.1) is 17.6 Å². The number of hydrogen-bond acceptors (Lipinski definition) is 5. The Labute approximate surface area is 143 Å². The van der Waals surface area contributed by atoms with Crippen molar-refractivity contribution in [1.29, 1.82) is 0 Å². The molecule has 0 saturated heterocycles. The smallest absolute Gasteiger partial charge is 0.255 e. The number of amides is 1. The lowest BCUT2D eigenvalue weighted by molar-refractivity contribution is 0.0940. The number of rotatable bonds is 10. The minimum atomic E-state index is -3.70. The topological polar surface area (TPSA) is 93.7 Å². The number of carbonyl (C=O) groups is 1. The first-order chi connectivity index (χ1) is 11.3. The van der Waals surface area contributed by atoms with Crippen LogP contribution in [0.3, 0.4) is 0 Å². The second-order valence-corrected chi connectivity index (χ2v) is 7.21. The van der Waals surface area contributed by atoms with Gasteiger partial charge in [-0.15, -0.1) is 0 Å². The van der Waals surface area contributed by atoms with Gasteiger partial charge in [-0.25, -0.2) is 13.1 Å². The Morgan fingerprint density at radius 3 is 2.58 bits per heavy atom. The average Bonchev–Trinajstić information content (AvgIpc) is 2.53. The van der Waals surface area contributed by atoms with Gasteiger partial charge in [0.1, 0.15) is 5.75 Å². The highest BCUT2D eigenvalue weighted by molar-refractivity contribution is 7.89. The second kappa shape index (κ2) is 9.61. The Morgan fingerprint density at radius 1 is 1.29 bits per heavy atom. The molecule has 1 aromatic rings. The Morgan fingerprint density at radius 2 is 2.00 bits per heavy atom. The molecule has 2 N–H and O–H groups in total. The highest BCUT2D eigenvalue weighted by atomic mass is 32.2. The van der Waals surface area contributed by atoms with E-state index >= 15 is 0 Å². The molecular formula is C16H26N2O5S. The minimum Gasteiger partial charge on any atom is -0.496 e. The van der Waals surface area contributed by atoms with Crippen molar-refractivity contribution >= 4 is 15.9 Å². The monoisotopic (exact) mass is 358 g/mol. The maximum atomic E-state index is 12.3. The summed E-state index contributed by atoms with van der Waals surface area (Å²) in [6.07, 6.45) is 0.573. The third-order valence-electron chi connectivity index (χ3n) is 3.11. The van der Waals surface area contributed by atoms with Crippen molar-refractivity contribution in [2.24, 2.45) is 0 Å². The summed E-state index contributed by atoms with van der Waals surface area (Å²) in [6.45, 7) is 6.88. The van der Waals surface area contributed by atoms with Crippen LogP contribution in [0.25, 0.3) is 0 Å². The van der Waals surface area contributed by atoms with Crippen LogP contribution in [0.1, 0.15) is 37.6 Å². The van der Waals surface area contributed by atoms with Crippen LogP contribution in [0, 0.1) is 0 Å². The summed E-state index contributed by atoms with van der Waals surface area (Å²) in [7, 11) is -2.27. The molecule has 0 fully saturated rings. The van der Waals surface area contributed by atoms with Crippen LogP contribution in [-0.4, -0.2) is 47.2 Å². The predicted molar refractivity (Wildman–Crippen MR) is 91.9 cm³/mol. The fourth-order valence-corrected chi connectivity index (χ4v) is 3.08. The quantitative estimate of drug-likeness (QED) is 0.619. The summed E-state index contributed by atoms with van der Waals surface area (Å²) in [6, 6.07) is 4.14. The average molecular weight is 358 g/mol. The minimum absolute atomic E-state index is 0.0219. The Hall–Kier alpha value is -1.64. The van der Waals surface area contributed by atoms with Crippen molar-refractivity contribution in [3.63, 3.8) is 0 Å². The third-order valence-corrected chi connectivity index (χ3v) is 4.57. The van der Waals surface area contributed by atoms with E-state index in [0.717, 1.165) is 0 Å². The lowest BCUT2D eigenvalue weighted by Gasteiger charge is -2.13. The lowest BCUT2D eigenvalue weighted by atomic mass is 10.2. The molecule has 1 rings (SSSR count). The van der Waals surface area contributed by atoms with Crippen LogP contribution in [0.15, 0.2) is 23.1 Å². The Kier molecular flexibility index (Phi) is 8.17. The van der Waals surface area contributed by atoms with E-state index in [1.165, 1.54) is 25.3 Å². The molecule has 8 heteroatoms. The number of ether oxygens (including phenoxy) is 2. The standard InChI is InChI=1S/C16H26N2O5S/c1-5-23-10-6-9-17-24(20,21)13-7-8-15(22-4)14(11-13)16(19)18-12(2)3/h7-8,11-12,17H,5-6,9-10H2,1-4H3,(H,18,19). The Balaban J connectivity index is 2.93. The normalized spacial score (nSPS) is 11.5. The van der Waals surface area contributed by atoms with Crippen molar-refractivity contribution in [1.82, 2.24) is 10.0 Å². The first kappa shape index (κ1) is 20.4. The molecular weight excluding hydrogens is 332 g/mol. The summed E-state index contributed by atoms with van der Waals surface area (Å²) in [5, 5.41) is 2.73. The summed E-state index contributed by atoms with van der Waals surface area (Å²) in [5.74, 6) is -0.0568. The zero-order valence-electron chi connectivity index (χ0n) is 14.6. The van der Waals surface area contributed by atoms with Gasteiger partial charge in [-0.3, -0.25) is 4.79 Å². The molecule has 0 unspecified atom stereocenters. The summed E-state index contributed by atoms with van der Waals surface area (Å²) >= 11 is 0. The maximum Gasteiger partial charge on any atom is 0.255 e. The fourth-order valence-electron chi connectivity index (χ4n) is 1.98. The van der Waals surface area contributed by atoms with E-state index in [1.807, 2.05) is 20.8 Å². The third kappa shape index (κ3) is 6.10. The van der Waals surface area contributed by atoms with Gasteiger partial charge in [0.2, 0.25) is 10.0 Å². The van der Waals surface area contributed by atoms with Crippen molar-refractivity contribution < 1.29 is 22.7 Å². The van der Waals surface area contributed by atoms with Gasteiger partial charge in [0.25, 0.3) is 5.91 Å². The second-order valence-electron chi connectivity index (χ2n) is 5.44. The van der Waals surface area contributed by atoms with Crippen LogP contribution >= 0.6 is 0 Å². The van der Waals surface area contributed by atoms with Gasteiger partial charge in [-0.05, 0) is 45.4 Å². The number of benzene rings is 1. The molecule has 0 bridgehead atoms. The van der Waals surface area contributed by atoms with Crippen LogP contribution < -0.4 is 14.8 Å². The molecule has 0 aliphatic heterocycles. The first-order valence-electron chi connectivity index (χ1n) is 7.88. The van der Waals surface area contributed by atoms with Gasteiger partial charge >= 0.3 is 0 Å². The number of sulfonamides is 1. The number of methoxy groups -OCH3 is 1. The number of nitrogens with one attached hydrogen (secondary N) is 2. The summed E-state index contributed by atoms with van der Waals surface area (Å²) < 4.78 is 37.5. The van der Waals surface area contributed by atoms with Gasteiger partial charge in [-0.1, -0.05) is 0 Å². The van der Waals surface area contributed by atoms with Gasteiger partial charge in [0.15, 0.2) is 0 Å². The van der Waals surface area contributed by atoms with Gasteiger partial charge in [0, 0.05) is 25.8 Å². The lowest BCUT2D eigenvalue weighted by Crippen LogP contribution is -2.31.